The molecule has 88 valence electrons. The lowest BCUT2D eigenvalue weighted by atomic mass is 10.2. The van der Waals surface area contributed by atoms with Gasteiger partial charge in [0.2, 0.25) is 0 Å². The van der Waals surface area contributed by atoms with Gasteiger partial charge in [0.25, 0.3) is 0 Å². The number of rotatable bonds is 4. The van der Waals surface area contributed by atoms with Gasteiger partial charge in [0.05, 0.1) is 17.4 Å². The van der Waals surface area contributed by atoms with E-state index in [-0.39, 0.29) is 5.75 Å². The number of benzene rings is 1. The van der Waals surface area contributed by atoms with Gasteiger partial charge in [-0.2, -0.15) is 0 Å². The van der Waals surface area contributed by atoms with Crippen LogP contribution in [0.25, 0.3) is 0 Å². The zero-order valence-corrected chi connectivity index (χ0v) is 10.3. The number of aromatic nitrogens is 1. The molecule has 1 aromatic heterocycles. The second-order valence-corrected chi connectivity index (χ2v) is 4.35. The van der Waals surface area contributed by atoms with Crippen molar-refractivity contribution in [3.8, 4) is 5.75 Å². The molecule has 4 nitrogen and oxygen atoms in total. The molecule has 0 bridgehead atoms. The van der Waals surface area contributed by atoms with E-state index in [9.17, 15) is 5.11 Å². The highest BCUT2D eigenvalue weighted by atomic mass is 35.5. The van der Waals surface area contributed by atoms with Gasteiger partial charge in [-0.3, -0.25) is 0 Å². The summed E-state index contributed by atoms with van der Waals surface area (Å²) in [5.74, 6) is 0.107. The molecule has 0 unspecified atom stereocenters. The normalized spacial score (nSPS) is 10.9. The molecule has 2 aromatic rings. The fourth-order valence-corrected chi connectivity index (χ4v) is 1.86. The van der Waals surface area contributed by atoms with Crippen molar-refractivity contribution in [1.82, 2.24) is 4.98 Å². The van der Waals surface area contributed by atoms with Gasteiger partial charge in [-0.1, -0.05) is 16.8 Å². The number of oxime groups is 1. The zero-order valence-electron chi connectivity index (χ0n) is 8.71. The highest BCUT2D eigenvalue weighted by Gasteiger charge is 1.99. The average molecular weight is 269 g/mol. The molecule has 0 atom stereocenters. The van der Waals surface area contributed by atoms with Crippen molar-refractivity contribution in [3.05, 3.63) is 45.4 Å². The molecule has 0 amide bonds. The van der Waals surface area contributed by atoms with Gasteiger partial charge in [-0.25, -0.2) is 4.98 Å². The summed E-state index contributed by atoms with van der Waals surface area (Å²) in [6.07, 6.45) is 1.41. The Kier molecular flexibility index (Phi) is 3.95. The molecule has 1 N–H and O–H groups in total. The van der Waals surface area contributed by atoms with Crippen LogP contribution in [0.1, 0.15) is 11.3 Å². The number of phenols is 1. The van der Waals surface area contributed by atoms with Crippen LogP contribution in [0.5, 0.6) is 5.75 Å². The quantitative estimate of drug-likeness (QED) is 0.685. The first-order valence-electron chi connectivity index (χ1n) is 4.76. The first-order chi connectivity index (χ1) is 8.25. The van der Waals surface area contributed by atoms with Crippen molar-refractivity contribution >= 4 is 29.2 Å². The van der Waals surface area contributed by atoms with E-state index in [2.05, 4.69) is 10.1 Å². The topological polar surface area (TPSA) is 54.7 Å². The molecule has 1 heterocycles. The van der Waals surface area contributed by atoms with Crippen molar-refractivity contribution in [2.45, 2.75) is 6.61 Å². The summed E-state index contributed by atoms with van der Waals surface area (Å²) in [5.41, 5.74) is 3.06. The molecule has 0 saturated carbocycles. The summed E-state index contributed by atoms with van der Waals surface area (Å²) in [5, 5.41) is 15.7. The Morgan fingerprint density at radius 1 is 1.53 bits per heavy atom. The molecule has 0 fully saturated rings. The lowest BCUT2D eigenvalue weighted by Gasteiger charge is -1.99. The molecule has 0 aliphatic rings. The van der Waals surface area contributed by atoms with Crippen LogP contribution in [0.15, 0.2) is 34.2 Å². The van der Waals surface area contributed by atoms with Crippen LogP contribution >= 0.6 is 22.9 Å². The number of hydrogen-bond acceptors (Lipinski definition) is 5. The maximum absolute atomic E-state index is 9.50. The van der Waals surface area contributed by atoms with Crippen molar-refractivity contribution in [3.63, 3.8) is 0 Å². The van der Waals surface area contributed by atoms with Gasteiger partial charge < -0.3 is 9.94 Å². The largest absolute Gasteiger partial charge is 0.507 e. The molecule has 17 heavy (non-hydrogen) atoms. The molecule has 6 heteroatoms. The van der Waals surface area contributed by atoms with Gasteiger partial charge in [-0.05, 0) is 18.2 Å². The molecule has 0 radical (unpaired) electrons. The van der Waals surface area contributed by atoms with Crippen LogP contribution in [-0.2, 0) is 11.4 Å². The number of thiazole rings is 1. The van der Waals surface area contributed by atoms with E-state index in [0.717, 1.165) is 5.69 Å². The predicted molar refractivity (Wildman–Crippen MR) is 67.6 cm³/mol. The smallest absolute Gasteiger partial charge is 0.159 e. The fourth-order valence-electron chi connectivity index (χ4n) is 1.14. The van der Waals surface area contributed by atoms with Crippen molar-refractivity contribution in [2.75, 3.05) is 0 Å². The second kappa shape index (κ2) is 5.65. The fraction of sp³-hybridized carbons (Fsp3) is 0.0909. The van der Waals surface area contributed by atoms with E-state index in [4.69, 9.17) is 16.4 Å². The molecular formula is C11H9ClN2O2S. The van der Waals surface area contributed by atoms with Gasteiger partial charge in [0, 0.05) is 16.0 Å². The van der Waals surface area contributed by atoms with Crippen LogP contribution in [0.2, 0.25) is 5.02 Å². The molecular weight excluding hydrogens is 260 g/mol. The first kappa shape index (κ1) is 11.9. The Morgan fingerprint density at radius 2 is 2.41 bits per heavy atom. The summed E-state index contributed by atoms with van der Waals surface area (Å²) in [6.45, 7) is 0.307. The number of halogens is 1. The van der Waals surface area contributed by atoms with Gasteiger partial charge in [-0.15, -0.1) is 11.3 Å². The summed E-state index contributed by atoms with van der Waals surface area (Å²) in [7, 11) is 0. The highest BCUT2D eigenvalue weighted by molar-refractivity contribution is 7.07. The maximum atomic E-state index is 9.50. The summed E-state index contributed by atoms with van der Waals surface area (Å²) < 4.78 is 0. The molecule has 0 aliphatic carbocycles. The zero-order chi connectivity index (χ0) is 12.1. The van der Waals surface area contributed by atoms with E-state index < -0.39 is 0 Å². The van der Waals surface area contributed by atoms with Crippen molar-refractivity contribution < 1.29 is 9.94 Å². The number of nitrogens with zero attached hydrogens (tertiary/aromatic N) is 2. The minimum Gasteiger partial charge on any atom is -0.507 e. The minimum absolute atomic E-state index is 0.107. The standard InChI is InChI=1S/C11H9ClN2O2S/c12-9-1-2-11(15)8(3-9)4-14-16-5-10-6-17-7-13-10/h1-4,6-7,15H,5H2/b14-4-. The lowest BCUT2D eigenvalue weighted by Crippen LogP contribution is -1.88. The number of phenolic OH excluding ortho intramolecular Hbond substituents is 1. The van der Waals surface area contributed by atoms with E-state index in [1.54, 1.807) is 17.6 Å². The van der Waals surface area contributed by atoms with E-state index >= 15 is 0 Å². The Hall–Kier alpha value is -1.59. The van der Waals surface area contributed by atoms with Crippen LogP contribution in [-0.4, -0.2) is 16.3 Å². The van der Waals surface area contributed by atoms with E-state index in [1.165, 1.54) is 23.6 Å². The van der Waals surface area contributed by atoms with Crippen LogP contribution in [0.3, 0.4) is 0 Å². The van der Waals surface area contributed by atoms with E-state index in [0.29, 0.717) is 17.2 Å². The number of aromatic hydroxyl groups is 1. The summed E-state index contributed by atoms with van der Waals surface area (Å²) in [6, 6.07) is 4.71. The molecule has 0 spiro atoms. The third kappa shape index (κ3) is 3.44. The van der Waals surface area contributed by atoms with E-state index in [1.807, 2.05) is 5.38 Å². The molecule has 0 aliphatic heterocycles. The average Bonchev–Trinajstić information content (AvgIpc) is 2.82. The Bertz CT molecular complexity index is 514. The minimum atomic E-state index is 0.107. The lowest BCUT2D eigenvalue weighted by molar-refractivity contribution is 0.129. The Balaban J connectivity index is 1.94. The SMILES string of the molecule is Oc1ccc(Cl)cc1/C=N\OCc1cscn1. The first-order valence-corrected chi connectivity index (χ1v) is 6.08. The molecule has 2 rings (SSSR count). The van der Waals surface area contributed by atoms with Crippen molar-refractivity contribution in [2.24, 2.45) is 5.16 Å². The summed E-state index contributed by atoms with van der Waals surface area (Å²) in [4.78, 5) is 9.08. The monoisotopic (exact) mass is 268 g/mol. The third-order valence-electron chi connectivity index (χ3n) is 1.95. The second-order valence-electron chi connectivity index (χ2n) is 3.19. The number of hydrogen-bond donors (Lipinski definition) is 1. The molecule has 1 aromatic carbocycles. The van der Waals surface area contributed by atoms with Crippen LogP contribution < -0.4 is 0 Å². The van der Waals surface area contributed by atoms with Crippen LogP contribution in [0.4, 0.5) is 0 Å². The van der Waals surface area contributed by atoms with Crippen molar-refractivity contribution in [1.29, 1.82) is 0 Å². The van der Waals surface area contributed by atoms with Gasteiger partial charge in [0.15, 0.2) is 6.61 Å². The Morgan fingerprint density at radius 3 is 3.18 bits per heavy atom. The predicted octanol–water partition coefficient (Wildman–Crippen LogP) is 3.05. The third-order valence-corrected chi connectivity index (χ3v) is 2.82. The maximum Gasteiger partial charge on any atom is 0.159 e. The molecule has 0 saturated heterocycles. The summed E-state index contributed by atoms with van der Waals surface area (Å²) >= 11 is 7.29. The Labute approximate surface area is 107 Å². The highest BCUT2D eigenvalue weighted by Crippen LogP contribution is 2.19. The van der Waals surface area contributed by atoms with Gasteiger partial charge in [0.1, 0.15) is 5.75 Å². The van der Waals surface area contributed by atoms with Crippen LogP contribution in [0, 0.1) is 0 Å². The van der Waals surface area contributed by atoms with Gasteiger partial charge >= 0.3 is 0 Å².